The minimum absolute atomic E-state index is 1.03. The molecule has 0 aliphatic carbocycles. The summed E-state index contributed by atoms with van der Waals surface area (Å²) in [6, 6.07) is 162. The summed E-state index contributed by atoms with van der Waals surface area (Å²) < 4.78 is 0. The van der Waals surface area contributed by atoms with Crippen LogP contribution in [0.3, 0.4) is 0 Å². The maximum absolute atomic E-state index is 2.36. The SMILES string of the molecule is c1ccc(-c2ccc(-c3ccc(-c4ccc(N(c5ccc(-c6ccc(N(c7ccccc7)c7ccc(N(c8ccc(-c9ccccc9)cc8)c8ccc(-c9ccccc9)cc8)cc7)cc6)cc5)c5ccc(N(c6ccc(-c7ccccc7)cc6)c6ccc(-c7ccccc7)cc6)cc5)cc4)cc3)cc2)cc1. The van der Waals surface area contributed by atoms with Crippen molar-refractivity contribution < 1.29 is 0 Å². The van der Waals surface area contributed by atoms with Crippen LogP contribution < -0.4 is 19.6 Å². The Morgan fingerprint density at radius 1 is 0.0755 bits per heavy atom. The molecule has 0 atom stereocenters. The summed E-state index contributed by atoms with van der Waals surface area (Å²) in [6.07, 6.45) is 0. The molecule has 0 saturated heterocycles. The molecule has 17 aromatic rings. The first kappa shape index (κ1) is 65.3. The first-order valence-electron chi connectivity index (χ1n) is 36.2. The summed E-state index contributed by atoms with van der Waals surface area (Å²) in [6.45, 7) is 0. The molecule has 0 amide bonds. The van der Waals surface area contributed by atoms with Gasteiger partial charge in [-0.3, -0.25) is 0 Å². The van der Waals surface area contributed by atoms with E-state index in [2.05, 4.69) is 469 Å². The lowest BCUT2D eigenvalue weighted by Crippen LogP contribution is -2.12. The predicted molar refractivity (Wildman–Crippen MR) is 449 cm³/mol. The first-order chi connectivity index (χ1) is 52.5. The third-order valence-corrected chi connectivity index (χ3v) is 19.9. The average molecular weight is 1360 g/mol. The molecule has 0 bridgehead atoms. The van der Waals surface area contributed by atoms with Gasteiger partial charge in [-0.2, -0.15) is 0 Å². The Kier molecular flexibility index (Phi) is 18.6. The van der Waals surface area contributed by atoms with Crippen LogP contribution in [-0.2, 0) is 0 Å². The van der Waals surface area contributed by atoms with Crippen LogP contribution in [0, 0.1) is 0 Å². The van der Waals surface area contributed by atoms with Crippen LogP contribution >= 0.6 is 0 Å². The lowest BCUT2D eigenvalue weighted by Gasteiger charge is -2.29. The normalized spacial score (nSPS) is 11.0. The van der Waals surface area contributed by atoms with Gasteiger partial charge in [0.05, 0.1) is 0 Å². The molecule has 0 unspecified atom stereocenters. The van der Waals surface area contributed by atoms with Crippen molar-refractivity contribution in [2.45, 2.75) is 0 Å². The smallest absolute Gasteiger partial charge is 0.0463 e. The summed E-state index contributed by atoms with van der Waals surface area (Å²) in [5.74, 6) is 0. The highest BCUT2D eigenvalue weighted by Gasteiger charge is 2.21. The van der Waals surface area contributed by atoms with E-state index in [0.29, 0.717) is 0 Å². The van der Waals surface area contributed by atoms with Crippen molar-refractivity contribution in [3.8, 4) is 89.0 Å². The van der Waals surface area contributed by atoms with E-state index in [1.807, 2.05) is 0 Å². The third kappa shape index (κ3) is 14.2. The maximum atomic E-state index is 2.36. The second kappa shape index (κ2) is 30.3. The molecule has 4 heteroatoms. The zero-order valence-electron chi connectivity index (χ0n) is 58.5. The molecule has 0 fully saturated rings. The van der Waals surface area contributed by atoms with Gasteiger partial charge in [-0.1, -0.05) is 303 Å². The van der Waals surface area contributed by atoms with Crippen LogP contribution in [0.2, 0.25) is 0 Å². The minimum atomic E-state index is 1.03. The topological polar surface area (TPSA) is 13.0 Å². The molecule has 0 aliphatic rings. The average Bonchev–Trinajstić information content (AvgIpc) is 0.766. The van der Waals surface area contributed by atoms with Crippen LogP contribution in [-0.4, -0.2) is 0 Å². The van der Waals surface area contributed by atoms with E-state index < -0.39 is 0 Å². The standard InChI is InChI=1S/C102H74N4/c1-7-19-75(20-8-1)80-31-33-81(34-32-80)82-35-37-83(38-36-82)88-47-63-97(64-48-88)106(102-73-71-101(72-74-102)105(95-57-43-86(44-58-95)78-25-13-4-14-26-78)96-59-45-87(46-60-96)79-27-15-5-16-28-79)98-65-51-90(52-66-98)89-49-61-92(62-50-89)103(91-29-17-6-18-30-91)99-67-69-100(70-68-99)104(93-53-39-84(40-54-93)76-21-9-2-10-22-76)94-55-41-85(42-56-94)77-23-11-3-12-24-77/h1-74H. The number of benzene rings is 17. The summed E-state index contributed by atoms with van der Waals surface area (Å²) in [5.41, 5.74) is 31.5. The van der Waals surface area contributed by atoms with E-state index in [-0.39, 0.29) is 0 Å². The molecular formula is C102H74N4. The molecule has 0 N–H and O–H groups in total. The molecule has 502 valence electrons. The van der Waals surface area contributed by atoms with E-state index in [0.717, 1.165) is 90.5 Å². The highest BCUT2D eigenvalue weighted by molar-refractivity contribution is 5.88. The van der Waals surface area contributed by atoms with Crippen molar-refractivity contribution in [3.63, 3.8) is 0 Å². The number of para-hydroxylation sites is 1. The van der Waals surface area contributed by atoms with Crippen LogP contribution in [0.15, 0.2) is 449 Å². The molecule has 4 nitrogen and oxygen atoms in total. The first-order valence-corrected chi connectivity index (χ1v) is 36.2. The molecule has 0 saturated carbocycles. The summed E-state index contributed by atoms with van der Waals surface area (Å²) in [5, 5.41) is 0. The fourth-order valence-electron chi connectivity index (χ4n) is 14.4. The van der Waals surface area contributed by atoms with E-state index in [1.54, 1.807) is 0 Å². The Bertz CT molecular complexity index is 5510. The number of nitrogens with zero attached hydrogens (tertiary/aromatic N) is 4. The fraction of sp³-hybridized carbons (Fsp3) is 0. The molecule has 17 aromatic carbocycles. The van der Waals surface area contributed by atoms with E-state index in [4.69, 9.17) is 0 Å². The van der Waals surface area contributed by atoms with Gasteiger partial charge in [-0.05, 0) is 235 Å². The van der Waals surface area contributed by atoms with Crippen molar-refractivity contribution in [1.29, 1.82) is 0 Å². The minimum Gasteiger partial charge on any atom is -0.311 e. The quantitative estimate of drug-likeness (QED) is 0.0754. The highest BCUT2D eigenvalue weighted by atomic mass is 15.2. The Balaban J connectivity index is 0.679. The van der Waals surface area contributed by atoms with Gasteiger partial charge in [-0.25, -0.2) is 0 Å². The van der Waals surface area contributed by atoms with Crippen LogP contribution in [0.25, 0.3) is 89.0 Å². The van der Waals surface area contributed by atoms with E-state index in [9.17, 15) is 0 Å². The number of rotatable bonds is 20. The zero-order chi connectivity index (χ0) is 70.8. The number of anilines is 12. The Morgan fingerprint density at radius 3 is 0.292 bits per heavy atom. The molecule has 106 heavy (non-hydrogen) atoms. The van der Waals surface area contributed by atoms with Gasteiger partial charge in [0.2, 0.25) is 0 Å². The highest BCUT2D eigenvalue weighted by Crippen LogP contribution is 2.45. The number of hydrogen-bond acceptors (Lipinski definition) is 4. The fourth-order valence-corrected chi connectivity index (χ4v) is 14.4. The Labute approximate surface area is 621 Å². The van der Waals surface area contributed by atoms with Gasteiger partial charge in [0.15, 0.2) is 0 Å². The summed E-state index contributed by atoms with van der Waals surface area (Å²) >= 11 is 0. The van der Waals surface area contributed by atoms with Gasteiger partial charge >= 0.3 is 0 Å². The molecule has 0 aliphatic heterocycles. The Morgan fingerprint density at radius 2 is 0.160 bits per heavy atom. The molecular weight excluding hydrogens is 1280 g/mol. The molecule has 0 heterocycles. The van der Waals surface area contributed by atoms with Crippen molar-refractivity contribution in [3.05, 3.63) is 449 Å². The predicted octanol–water partition coefficient (Wildman–Crippen LogP) is 28.9. The zero-order valence-corrected chi connectivity index (χ0v) is 58.5. The van der Waals surface area contributed by atoms with E-state index >= 15 is 0 Å². The van der Waals surface area contributed by atoms with E-state index in [1.165, 1.54) is 66.8 Å². The van der Waals surface area contributed by atoms with Crippen molar-refractivity contribution in [2.75, 3.05) is 19.6 Å². The molecule has 0 aromatic heterocycles. The van der Waals surface area contributed by atoms with Gasteiger partial charge in [-0.15, -0.1) is 0 Å². The van der Waals surface area contributed by atoms with Crippen molar-refractivity contribution in [2.24, 2.45) is 0 Å². The van der Waals surface area contributed by atoms with Gasteiger partial charge < -0.3 is 19.6 Å². The lowest BCUT2D eigenvalue weighted by atomic mass is 9.98. The van der Waals surface area contributed by atoms with Gasteiger partial charge in [0, 0.05) is 68.2 Å². The van der Waals surface area contributed by atoms with Crippen LogP contribution in [0.4, 0.5) is 68.2 Å². The van der Waals surface area contributed by atoms with Crippen molar-refractivity contribution in [1.82, 2.24) is 0 Å². The lowest BCUT2D eigenvalue weighted by molar-refractivity contribution is 1.25. The second-order valence-electron chi connectivity index (χ2n) is 26.5. The summed E-state index contributed by atoms with van der Waals surface area (Å²) in [4.78, 5) is 9.39. The van der Waals surface area contributed by atoms with Gasteiger partial charge in [0.1, 0.15) is 0 Å². The third-order valence-electron chi connectivity index (χ3n) is 19.9. The molecule has 0 radical (unpaired) electrons. The second-order valence-corrected chi connectivity index (χ2v) is 26.5. The molecule has 0 spiro atoms. The molecule has 17 rings (SSSR count). The van der Waals surface area contributed by atoms with Crippen LogP contribution in [0.1, 0.15) is 0 Å². The van der Waals surface area contributed by atoms with Crippen LogP contribution in [0.5, 0.6) is 0 Å². The monoisotopic (exact) mass is 1350 g/mol. The van der Waals surface area contributed by atoms with Crippen molar-refractivity contribution >= 4 is 68.2 Å². The van der Waals surface area contributed by atoms with Gasteiger partial charge in [0.25, 0.3) is 0 Å². The largest absolute Gasteiger partial charge is 0.311 e. The Hall–Kier alpha value is -14.1. The number of hydrogen-bond donors (Lipinski definition) is 0. The summed E-state index contributed by atoms with van der Waals surface area (Å²) in [7, 11) is 0. The maximum Gasteiger partial charge on any atom is 0.0463 e.